The lowest BCUT2D eigenvalue weighted by Crippen LogP contribution is -2.04. The van der Waals surface area contributed by atoms with Crippen LogP contribution in [-0.4, -0.2) is 29.1 Å². The molecular weight excluding hydrogens is 1120 g/mol. The van der Waals surface area contributed by atoms with E-state index in [4.69, 9.17) is 19.9 Å². The van der Waals surface area contributed by atoms with Crippen molar-refractivity contribution in [1.29, 1.82) is 0 Å². The second-order valence-electron chi connectivity index (χ2n) is 25.9. The number of aromatic nitrogens is 6. The van der Waals surface area contributed by atoms with E-state index in [9.17, 15) is 0 Å². The molecule has 446 valence electrons. The fourth-order valence-corrected chi connectivity index (χ4v) is 15.5. The maximum atomic E-state index is 5.35. The van der Waals surface area contributed by atoms with E-state index >= 15 is 0 Å². The molecule has 0 bridgehead atoms. The summed E-state index contributed by atoms with van der Waals surface area (Å²) < 4.78 is 4.96. The van der Waals surface area contributed by atoms with Crippen molar-refractivity contribution in [2.45, 2.75) is 83.1 Å². The van der Waals surface area contributed by atoms with Gasteiger partial charge in [-0.1, -0.05) is 168 Å². The summed E-state index contributed by atoms with van der Waals surface area (Å²) in [6.07, 6.45) is 4.01. The van der Waals surface area contributed by atoms with Crippen LogP contribution in [0.2, 0.25) is 0 Å². The summed E-state index contributed by atoms with van der Waals surface area (Å²) in [6.45, 7) is 26.7. The van der Waals surface area contributed by atoms with E-state index in [1.807, 2.05) is 42.6 Å². The third-order valence-electron chi connectivity index (χ3n) is 18.9. The van der Waals surface area contributed by atoms with Gasteiger partial charge in [-0.25, -0.2) is 15.0 Å². The van der Waals surface area contributed by atoms with Gasteiger partial charge in [-0.3, -0.25) is 4.98 Å². The lowest BCUT2D eigenvalue weighted by atomic mass is 9.91. The molecule has 0 radical (unpaired) electrons. The fraction of sp³-hybridized carbons (Fsp3) is 0.140. The molecule has 0 atom stereocenters. The molecule has 0 fully saturated rings. The summed E-state index contributed by atoms with van der Waals surface area (Å²) in [7, 11) is 0. The Morgan fingerprint density at radius 2 is 0.554 bits per heavy atom. The highest BCUT2D eigenvalue weighted by atomic mass is 15.0. The van der Waals surface area contributed by atoms with Gasteiger partial charge in [0.25, 0.3) is 0 Å². The first kappa shape index (κ1) is 57.6. The zero-order valence-electron chi connectivity index (χ0n) is 54.5. The van der Waals surface area contributed by atoms with Gasteiger partial charge in [0.2, 0.25) is 0 Å². The van der Waals surface area contributed by atoms with Crippen molar-refractivity contribution >= 4 is 43.6 Å². The predicted octanol–water partition coefficient (Wildman–Crippen LogP) is 22.5. The van der Waals surface area contributed by atoms with Crippen LogP contribution in [0.5, 0.6) is 0 Å². The maximum absolute atomic E-state index is 5.35. The molecule has 0 spiro atoms. The summed E-state index contributed by atoms with van der Waals surface area (Å²) in [5, 5.41) is 4.69. The average molecular weight is 1190 g/mol. The molecule has 0 amide bonds. The Labute approximate surface area is 539 Å². The Hall–Kier alpha value is -10.8. The van der Waals surface area contributed by atoms with E-state index in [-0.39, 0.29) is 0 Å². The van der Waals surface area contributed by atoms with Crippen LogP contribution in [0, 0.1) is 83.1 Å². The number of hydrogen-bond donors (Lipinski definition) is 0. The van der Waals surface area contributed by atoms with E-state index in [1.165, 1.54) is 122 Å². The standard InChI is InChI=1S/C86H72N6/c1-49-35-53(5)80(54(6)36-49)63-24-29-74-69(43-63)70-44-64(81-55(7)37-50(2)38-56(81)8)25-30-75(70)91(74)78-33-34-87-48-73(78)68-28-23-67(86-89-84(61-19-15-13-16-20-61)88-85(90-86)62-21-17-14-18-22-62)47-79(68)92-76-31-26-65(82-57(9)39-51(3)40-58(82)10)45-71(76)72-46-66(27-32-77(72)92)83-59(11)41-52(4)42-60(83)12/h13-48H,1-12H3. The summed E-state index contributed by atoms with van der Waals surface area (Å²) in [5.74, 6) is 1.78. The van der Waals surface area contributed by atoms with Gasteiger partial charge in [-0.15, -0.1) is 0 Å². The molecule has 11 aromatic carbocycles. The van der Waals surface area contributed by atoms with Gasteiger partial charge < -0.3 is 9.13 Å². The molecule has 0 aliphatic rings. The molecule has 0 saturated heterocycles. The SMILES string of the molecule is Cc1cc(C)c(-c2ccc3c(c2)c2cc(-c4c(C)cc(C)cc4C)ccc2n3-c2ccncc2-c2ccc(-c3nc(-c4ccccc4)nc(-c4ccccc4)n3)cc2-n2c3ccc(-c4c(C)cc(C)cc4C)cc3c3cc(-c4c(C)cc(C)cc4C)ccc32)c(C)c1. The van der Waals surface area contributed by atoms with Crippen LogP contribution < -0.4 is 0 Å². The Balaban J connectivity index is 1.03. The van der Waals surface area contributed by atoms with Crippen LogP contribution >= 0.6 is 0 Å². The van der Waals surface area contributed by atoms with Gasteiger partial charge in [-0.05, 0) is 233 Å². The first-order valence-electron chi connectivity index (χ1n) is 32.0. The normalized spacial score (nSPS) is 11.7. The van der Waals surface area contributed by atoms with E-state index in [0.717, 1.165) is 72.0 Å². The zero-order chi connectivity index (χ0) is 63.4. The van der Waals surface area contributed by atoms with Crippen molar-refractivity contribution in [3.63, 3.8) is 0 Å². The third-order valence-corrected chi connectivity index (χ3v) is 18.9. The highest BCUT2D eigenvalue weighted by molar-refractivity contribution is 6.14. The van der Waals surface area contributed by atoms with Crippen LogP contribution in [-0.2, 0) is 0 Å². The second kappa shape index (κ2) is 22.6. The highest BCUT2D eigenvalue weighted by Crippen LogP contribution is 2.46. The van der Waals surface area contributed by atoms with Crippen molar-refractivity contribution in [3.8, 4) is 101 Å². The summed E-state index contributed by atoms with van der Waals surface area (Å²) in [6, 6.07) is 76.2. The number of fused-ring (bicyclic) bond motifs is 6. The number of nitrogens with zero attached hydrogens (tertiary/aromatic N) is 6. The highest BCUT2D eigenvalue weighted by Gasteiger charge is 2.25. The van der Waals surface area contributed by atoms with Gasteiger partial charge in [0.05, 0.1) is 33.4 Å². The third kappa shape index (κ3) is 9.89. The Kier molecular flexibility index (Phi) is 14.1. The molecule has 0 unspecified atom stereocenters. The zero-order valence-corrected chi connectivity index (χ0v) is 54.5. The maximum Gasteiger partial charge on any atom is 0.164 e. The molecule has 15 rings (SSSR count). The van der Waals surface area contributed by atoms with Crippen LogP contribution in [0.3, 0.4) is 0 Å². The van der Waals surface area contributed by atoms with Crippen molar-refractivity contribution < 1.29 is 0 Å². The predicted molar refractivity (Wildman–Crippen MR) is 387 cm³/mol. The molecule has 4 heterocycles. The van der Waals surface area contributed by atoms with Gasteiger partial charge in [0.15, 0.2) is 17.5 Å². The van der Waals surface area contributed by atoms with E-state index in [1.54, 1.807) is 0 Å². The topological polar surface area (TPSA) is 61.4 Å². The minimum Gasteiger partial charge on any atom is -0.309 e. The number of rotatable bonds is 10. The molecule has 6 heteroatoms. The molecule has 0 aliphatic carbocycles. The minimum atomic E-state index is 0.574. The molecule has 15 aromatic rings. The van der Waals surface area contributed by atoms with Crippen molar-refractivity contribution in [1.82, 2.24) is 29.1 Å². The largest absolute Gasteiger partial charge is 0.309 e. The molecule has 0 saturated carbocycles. The number of benzene rings is 11. The molecule has 0 N–H and O–H groups in total. The van der Waals surface area contributed by atoms with Gasteiger partial charge in [0, 0.05) is 61.8 Å². The summed E-state index contributed by atoms with van der Waals surface area (Å²) >= 11 is 0. The molecule has 6 nitrogen and oxygen atoms in total. The monoisotopic (exact) mass is 1190 g/mol. The first-order chi connectivity index (χ1) is 44.5. The summed E-state index contributed by atoms with van der Waals surface area (Å²) in [5.41, 5.74) is 36.1. The van der Waals surface area contributed by atoms with E-state index in [0.29, 0.717) is 17.5 Å². The van der Waals surface area contributed by atoms with Crippen LogP contribution in [0.1, 0.15) is 66.8 Å². The van der Waals surface area contributed by atoms with E-state index < -0.39 is 0 Å². The quantitative estimate of drug-likeness (QED) is 0.137. The van der Waals surface area contributed by atoms with Gasteiger partial charge >= 0.3 is 0 Å². The first-order valence-corrected chi connectivity index (χ1v) is 32.0. The van der Waals surface area contributed by atoms with E-state index in [2.05, 4.69) is 268 Å². The number of pyridine rings is 1. The Bertz CT molecular complexity index is 5150. The number of hydrogen-bond acceptors (Lipinski definition) is 4. The van der Waals surface area contributed by atoms with Crippen molar-refractivity contribution in [2.75, 3.05) is 0 Å². The van der Waals surface area contributed by atoms with Crippen LogP contribution in [0.4, 0.5) is 0 Å². The van der Waals surface area contributed by atoms with Crippen molar-refractivity contribution in [3.05, 3.63) is 285 Å². The Morgan fingerprint density at radius 1 is 0.250 bits per heavy atom. The molecule has 92 heavy (non-hydrogen) atoms. The Morgan fingerprint density at radius 3 is 0.891 bits per heavy atom. The smallest absolute Gasteiger partial charge is 0.164 e. The molecule has 4 aromatic heterocycles. The lowest BCUT2D eigenvalue weighted by molar-refractivity contribution is 1.07. The van der Waals surface area contributed by atoms with Crippen molar-refractivity contribution in [2.24, 2.45) is 0 Å². The molecule has 0 aliphatic heterocycles. The fourth-order valence-electron chi connectivity index (χ4n) is 15.5. The molecular formula is C86H72N6. The lowest BCUT2D eigenvalue weighted by Gasteiger charge is -2.20. The number of aryl methyl sites for hydroxylation is 12. The second-order valence-corrected chi connectivity index (χ2v) is 25.9. The van der Waals surface area contributed by atoms with Crippen LogP contribution in [0.25, 0.3) is 145 Å². The van der Waals surface area contributed by atoms with Gasteiger partial charge in [0.1, 0.15) is 0 Å². The minimum absolute atomic E-state index is 0.574. The van der Waals surface area contributed by atoms with Crippen LogP contribution in [0.15, 0.2) is 219 Å². The summed E-state index contributed by atoms with van der Waals surface area (Å²) in [4.78, 5) is 20.9. The average Bonchev–Trinajstić information content (AvgIpc) is 1.56. The van der Waals surface area contributed by atoms with Gasteiger partial charge in [-0.2, -0.15) is 0 Å².